The number of hydrogen-bond acceptors (Lipinski definition) is 3. The minimum atomic E-state index is -6.03. The standard InChI is InChI=1S/C16H12BrF6NO3S/c1-24(28(26,27)13-4-2-3-11(17)9-13)12-7-5-10(6-8-12)14(25,15(18,19)20)16(21,22)23/h2-9,25H,1H3. The molecule has 12 heteroatoms. The highest BCUT2D eigenvalue weighted by Gasteiger charge is 2.71. The molecule has 0 heterocycles. The Labute approximate surface area is 164 Å². The summed E-state index contributed by atoms with van der Waals surface area (Å²) in [6, 6.07) is 7.82. The molecule has 2 aromatic carbocycles. The average Bonchev–Trinajstić information content (AvgIpc) is 2.58. The molecule has 2 aromatic rings. The van der Waals surface area contributed by atoms with Gasteiger partial charge < -0.3 is 5.11 Å². The zero-order valence-corrected chi connectivity index (χ0v) is 16.3. The Morgan fingerprint density at radius 3 is 1.86 bits per heavy atom. The van der Waals surface area contributed by atoms with Crippen molar-refractivity contribution >= 4 is 31.6 Å². The highest BCUT2D eigenvalue weighted by atomic mass is 79.9. The van der Waals surface area contributed by atoms with Crippen LogP contribution in [0.1, 0.15) is 5.56 Å². The van der Waals surface area contributed by atoms with Crippen molar-refractivity contribution < 1.29 is 39.9 Å². The van der Waals surface area contributed by atoms with E-state index in [1.807, 2.05) is 0 Å². The van der Waals surface area contributed by atoms with E-state index in [4.69, 9.17) is 0 Å². The molecule has 0 amide bonds. The summed E-state index contributed by atoms with van der Waals surface area (Å²) in [6.07, 6.45) is -12.1. The Kier molecular flexibility index (Phi) is 5.81. The summed E-state index contributed by atoms with van der Waals surface area (Å²) in [5, 5.41) is 9.37. The SMILES string of the molecule is CN(c1ccc(C(O)(C(F)(F)F)C(F)(F)F)cc1)S(=O)(=O)c1cccc(Br)c1. The second-order valence-electron chi connectivity index (χ2n) is 5.68. The molecule has 154 valence electrons. The number of benzene rings is 2. The first-order valence-electron chi connectivity index (χ1n) is 7.33. The first-order valence-corrected chi connectivity index (χ1v) is 9.56. The Hall–Kier alpha value is -1.79. The first kappa shape index (κ1) is 22.5. The molecule has 4 nitrogen and oxygen atoms in total. The van der Waals surface area contributed by atoms with E-state index in [0.29, 0.717) is 20.9 Å². The summed E-state index contributed by atoms with van der Waals surface area (Å²) in [5.41, 5.74) is -6.76. The molecule has 0 aliphatic heterocycles. The van der Waals surface area contributed by atoms with Crippen LogP contribution in [0.3, 0.4) is 0 Å². The molecule has 1 N–H and O–H groups in total. The lowest BCUT2D eigenvalue weighted by molar-refractivity contribution is -0.376. The second kappa shape index (κ2) is 7.23. The molecular formula is C16H12BrF6NO3S. The van der Waals surface area contributed by atoms with Crippen LogP contribution in [0.5, 0.6) is 0 Å². The zero-order chi connectivity index (χ0) is 21.5. The predicted molar refractivity (Wildman–Crippen MR) is 92.2 cm³/mol. The monoisotopic (exact) mass is 491 g/mol. The summed E-state index contributed by atoms with van der Waals surface area (Å²) in [5.74, 6) is 0. The number of rotatable bonds is 4. The van der Waals surface area contributed by atoms with E-state index in [1.54, 1.807) is 6.07 Å². The molecule has 0 atom stereocenters. The van der Waals surface area contributed by atoms with Gasteiger partial charge in [-0.05, 0) is 30.3 Å². The van der Waals surface area contributed by atoms with Crippen molar-refractivity contribution in [2.75, 3.05) is 11.4 Å². The van der Waals surface area contributed by atoms with Crippen molar-refractivity contribution in [1.29, 1.82) is 0 Å². The largest absolute Gasteiger partial charge is 0.430 e. The molecule has 0 fully saturated rings. The van der Waals surface area contributed by atoms with Crippen LogP contribution in [0.25, 0.3) is 0 Å². The van der Waals surface area contributed by atoms with Gasteiger partial charge in [0.05, 0.1) is 10.6 Å². The molecule has 0 spiro atoms. The van der Waals surface area contributed by atoms with Crippen LogP contribution in [0.2, 0.25) is 0 Å². The van der Waals surface area contributed by atoms with Gasteiger partial charge >= 0.3 is 12.4 Å². The summed E-state index contributed by atoms with van der Waals surface area (Å²) < 4.78 is 104. The minimum Gasteiger partial charge on any atom is -0.369 e. The lowest BCUT2D eigenvalue weighted by Gasteiger charge is -2.33. The molecule has 28 heavy (non-hydrogen) atoms. The fourth-order valence-electron chi connectivity index (χ4n) is 2.32. The van der Waals surface area contributed by atoms with Crippen molar-refractivity contribution in [3.63, 3.8) is 0 Å². The fourth-order valence-corrected chi connectivity index (χ4v) is 4.12. The van der Waals surface area contributed by atoms with Gasteiger partial charge in [0.2, 0.25) is 0 Å². The quantitative estimate of drug-likeness (QED) is 0.636. The lowest BCUT2D eigenvalue weighted by atomic mass is 9.92. The molecule has 2 rings (SSSR count). The maximum atomic E-state index is 12.9. The van der Waals surface area contributed by atoms with Gasteiger partial charge in [-0.15, -0.1) is 0 Å². The summed E-state index contributed by atoms with van der Waals surface area (Å²) in [4.78, 5) is -0.143. The molecule has 0 bridgehead atoms. The number of aliphatic hydroxyl groups is 1. The fraction of sp³-hybridized carbons (Fsp3) is 0.250. The van der Waals surface area contributed by atoms with Crippen LogP contribution in [-0.2, 0) is 15.6 Å². The second-order valence-corrected chi connectivity index (χ2v) is 8.57. The van der Waals surface area contributed by atoms with Crippen LogP contribution >= 0.6 is 15.9 Å². The third-order valence-electron chi connectivity index (χ3n) is 3.92. The van der Waals surface area contributed by atoms with Crippen molar-refractivity contribution in [2.45, 2.75) is 22.8 Å². The molecule has 0 saturated carbocycles. The third-order valence-corrected chi connectivity index (χ3v) is 6.20. The smallest absolute Gasteiger partial charge is 0.369 e. The van der Waals surface area contributed by atoms with Crippen LogP contribution in [0, 0.1) is 0 Å². The third kappa shape index (κ3) is 3.85. The topological polar surface area (TPSA) is 57.6 Å². The van der Waals surface area contributed by atoms with Gasteiger partial charge in [-0.1, -0.05) is 34.1 Å². The Morgan fingerprint density at radius 1 is 0.929 bits per heavy atom. The number of halogens is 7. The average molecular weight is 492 g/mol. The molecule has 0 unspecified atom stereocenters. The van der Waals surface area contributed by atoms with Gasteiger partial charge in [-0.2, -0.15) is 26.3 Å². The van der Waals surface area contributed by atoms with Crippen molar-refractivity contribution in [3.05, 3.63) is 58.6 Å². The van der Waals surface area contributed by atoms with E-state index in [2.05, 4.69) is 15.9 Å². The Bertz CT molecular complexity index is 944. The van der Waals surface area contributed by atoms with Gasteiger partial charge in [0, 0.05) is 17.1 Å². The van der Waals surface area contributed by atoms with Gasteiger partial charge in [0.1, 0.15) is 0 Å². The van der Waals surface area contributed by atoms with E-state index in [-0.39, 0.29) is 10.6 Å². The maximum absolute atomic E-state index is 12.9. The molecular weight excluding hydrogens is 480 g/mol. The molecule has 0 aromatic heterocycles. The number of sulfonamides is 1. The predicted octanol–water partition coefficient (Wildman–Crippen LogP) is 4.59. The molecule has 0 aliphatic rings. The van der Waals surface area contributed by atoms with E-state index in [0.717, 1.165) is 19.2 Å². The van der Waals surface area contributed by atoms with Crippen molar-refractivity contribution in [3.8, 4) is 0 Å². The van der Waals surface area contributed by atoms with Crippen molar-refractivity contribution in [1.82, 2.24) is 0 Å². The first-order chi connectivity index (χ1) is 12.6. The molecule has 0 saturated heterocycles. The lowest BCUT2D eigenvalue weighted by Crippen LogP contribution is -2.53. The number of hydrogen-bond donors (Lipinski definition) is 1. The highest BCUT2D eigenvalue weighted by Crippen LogP contribution is 2.50. The van der Waals surface area contributed by atoms with Gasteiger partial charge in [0.25, 0.3) is 15.6 Å². The Balaban J connectivity index is 2.46. The maximum Gasteiger partial charge on any atom is 0.430 e. The van der Waals surface area contributed by atoms with Gasteiger partial charge in [-0.3, -0.25) is 4.31 Å². The normalized spacial score (nSPS) is 13.5. The van der Waals surface area contributed by atoms with Crippen LogP contribution < -0.4 is 4.31 Å². The zero-order valence-electron chi connectivity index (χ0n) is 13.9. The van der Waals surface area contributed by atoms with Gasteiger partial charge in [-0.25, -0.2) is 8.42 Å². The van der Waals surface area contributed by atoms with E-state index < -0.39 is 33.5 Å². The Morgan fingerprint density at radius 2 is 1.43 bits per heavy atom. The summed E-state index contributed by atoms with van der Waals surface area (Å²) >= 11 is 3.10. The number of nitrogens with zero attached hydrogens (tertiary/aromatic N) is 1. The van der Waals surface area contributed by atoms with Gasteiger partial charge in [0.15, 0.2) is 0 Å². The van der Waals surface area contributed by atoms with Crippen LogP contribution in [-0.4, -0.2) is 32.9 Å². The van der Waals surface area contributed by atoms with Crippen LogP contribution in [0.4, 0.5) is 32.0 Å². The van der Waals surface area contributed by atoms with E-state index in [1.165, 1.54) is 18.2 Å². The molecule has 0 radical (unpaired) electrons. The van der Waals surface area contributed by atoms with Crippen molar-refractivity contribution in [2.24, 2.45) is 0 Å². The van der Waals surface area contributed by atoms with E-state index in [9.17, 15) is 39.9 Å². The number of anilines is 1. The van der Waals surface area contributed by atoms with Crippen LogP contribution in [0.15, 0.2) is 57.9 Å². The minimum absolute atomic E-state index is 0.143. The summed E-state index contributed by atoms with van der Waals surface area (Å²) in [7, 11) is -3.04. The summed E-state index contributed by atoms with van der Waals surface area (Å²) in [6.45, 7) is 0. The van der Waals surface area contributed by atoms with E-state index >= 15 is 0 Å². The molecule has 0 aliphatic carbocycles. The number of alkyl halides is 6. The highest BCUT2D eigenvalue weighted by molar-refractivity contribution is 9.10.